The molecule has 1 fully saturated rings. The number of carbonyl (C=O) groups excluding carboxylic acids is 1. The lowest BCUT2D eigenvalue weighted by molar-refractivity contribution is -0.129. The molecule has 0 aliphatic carbocycles. The van der Waals surface area contributed by atoms with Crippen LogP contribution in [0.15, 0.2) is 59.0 Å². The van der Waals surface area contributed by atoms with Gasteiger partial charge in [-0.1, -0.05) is 26.5 Å². The van der Waals surface area contributed by atoms with E-state index >= 15 is 4.39 Å². The minimum Gasteiger partial charge on any atom is -0.335 e. The number of amides is 1. The van der Waals surface area contributed by atoms with Crippen LogP contribution in [-0.4, -0.2) is 62.8 Å². The molecule has 5 heterocycles. The summed E-state index contributed by atoms with van der Waals surface area (Å²) in [6.07, 6.45) is 5.78. The lowest BCUT2D eigenvalue weighted by Crippen LogP contribution is -2.45. The van der Waals surface area contributed by atoms with Gasteiger partial charge in [0.1, 0.15) is 22.1 Å². The molecular weight excluding hydrogens is 646 g/mol. The number of nitrogens with one attached hydrogen (secondary N) is 1. The summed E-state index contributed by atoms with van der Waals surface area (Å²) in [6, 6.07) is 8.19. The first-order chi connectivity index (χ1) is 23.3. The van der Waals surface area contributed by atoms with Crippen molar-refractivity contribution in [3.05, 3.63) is 87.9 Å². The fourth-order valence-electron chi connectivity index (χ4n) is 7.17. The maximum absolute atomic E-state index is 16.7. The van der Waals surface area contributed by atoms with E-state index in [4.69, 9.17) is 4.98 Å². The van der Waals surface area contributed by atoms with Crippen LogP contribution in [0.25, 0.3) is 38.9 Å². The monoisotopic (exact) mass is 681 g/mol. The maximum atomic E-state index is 16.7. The molecule has 0 radical (unpaired) electrons. The molecule has 0 saturated carbocycles. The molecule has 0 bridgehead atoms. The van der Waals surface area contributed by atoms with Gasteiger partial charge < -0.3 is 4.90 Å². The fourth-order valence-corrected chi connectivity index (χ4v) is 8.26. The van der Waals surface area contributed by atoms with Crippen molar-refractivity contribution in [2.75, 3.05) is 12.8 Å². The van der Waals surface area contributed by atoms with Gasteiger partial charge in [-0.15, -0.1) is 0 Å². The molecule has 1 saturated heterocycles. The summed E-state index contributed by atoms with van der Waals surface area (Å²) >= 11 is 0. The normalized spacial score (nSPS) is 16.7. The van der Waals surface area contributed by atoms with Gasteiger partial charge in [-0.3, -0.25) is 24.2 Å². The number of piperidine rings is 1. The van der Waals surface area contributed by atoms with Gasteiger partial charge in [0.25, 0.3) is 5.56 Å². The number of rotatable bonds is 7. The van der Waals surface area contributed by atoms with E-state index in [9.17, 15) is 23.3 Å². The second-order valence-corrected chi connectivity index (χ2v) is 14.9. The molecule has 5 aromatic rings. The number of likely N-dealkylation sites (tertiary alicyclic amines) is 1. The number of fused-ring (bicyclic) bond motifs is 2. The van der Waals surface area contributed by atoms with Gasteiger partial charge in [0.2, 0.25) is 5.91 Å². The number of carbonyl (C=O) groups is 1. The van der Waals surface area contributed by atoms with Crippen LogP contribution in [0.2, 0.25) is 0 Å². The first-order valence-electron chi connectivity index (χ1n) is 16.0. The van der Waals surface area contributed by atoms with Crippen molar-refractivity contribution in [3.63, 3.8) is 0 Å². The number of halogens is 1. The van der Waals surface area contributed by atoms with E-state index in [2.05, 4.69) is 27.8 Å². The van der Waals surface area contributed by atoms with Crippen molar-refractivity contribution in [3.8, 4) is 23.0 Å². The molecule has 4 aromatic heterocycles. The molecule has 252 valence electrons. The lowest BCUT2D eigenvalue weighted by atomic mass is 9.83. The summed E-state index contributed by atoms with van der Waals surface area (Å²) in [5, 5.41) is 17.5. The molecule has 2 atom stereocenters. The molecule has 11 nitrogen and oxygen atoms in total. The van der Waals surface area contributed by atoms with Gasteiger partial charge in [-0.25, -0.2) is 17.8 Å². The third kappa shape index (κ3) is 5.69. The minimum atomic E-state index is -4.23. The number of nitriles is 1. The number of H-pyrrole nitrogens is 1. The molecule has 1 unspecified atom stereocenters. The number of pyridine rings is 3. The number of nitrogens with zero attached hydrogens (tertiary/aromatic N) is 6. The molecular formula is C36H36FN7O4S. The second-order valence-electron chi connectivity index (χ2n) is 12.9. The van der Waals surface area contributed by atoms with E-state index in [1.54, 1.807) is 25.4 Å². The SMILES string of the molecule is C=CC(=O)N1CCC(c2c(S(C)(=O)=O)c(=O)n(-c3c(C)ccnc3C(C)C)c3nc(-c4c(C)ccc5[nH]ncc45)c(F)cc23)C[C@@H]1CC#N. The Hall–Kier alpha value is -5.22. The number of hydrogen-bond donors (Lipinski definition) is 1. The summed E-state index contributed by atoms with van der Waals surface area (Å²) < 4.78 is 45.4. The predicted molar refractivity (Wildman–Crippen MR) is 185 cm³/mol. The summed E-state index contributed by atoms with van der Waals surface area (Å²) in [4.78, 5) is 38.1. The Bertz CT molecular complexity index is 2390. The summed E-state index contributed by atoms with van der Waals surface area (Å²) in [5.74, 6) is -1.85. The van der Waals surface area contributed by atoms with Gasteiger partial charge in [-0.2, -0.15) is 10.4 Å². The van der Waals surface area contributed by atoms with Crippen molar-refractivity contribution >= 4 is 37.7 Å². The Morgan fingerprint density at radius 1 is 1.22 bits per heavy atom. The zero-order chi connectivity index (χ0) is 35.4. The van der Waals surface area contributed by atoms with E-state index < -0.39 is 38.1 Å². The van der Waals surface area contributed by atoms with Crippen LogP contribution >= 0.6 is 0 Å². The Balaban J connectivity index is 1.77. The predicted octanol–water partition coefficient (Wildman–Crippen LogP) is 5.78. The highest BCUT2D eigenvalue weighted by Crippen LogP contribution is 2.42. The Morgan fingerprint density at radius 3 is 2.65 bits per heavy atom. The van der Waals surface area contributed by atoms with Crippen molar-refractivity contribution in [1.29, 1.82) is 5.26 Å². The number of benzene rings is 1. The number of aryl methyl sites for hydroxylation is 2. The summed E-state index contributed by atoms with van der Waals surface area (Å²) in [6.45, 7) is 11.2. The highest BCUT2D eigenvalue weighted by Gasteiger charge is 2.37. The molecule has 1 aliphatic heterocycles. The van der Waals surface area contributed by atoms with Crippen molar-refractivity contribution < 1.29 is 17.6 Å². The molecule has 6 rings (SSSR count). The molecule has 1 amide bonds. The molecule has 49 heavy (non-hydrogen) atoms. The van der Waals surface area contributed by atoms with E-state index in [1.807, 2.05) is 32.9 Å². The van der Waals surface area contributed by atoms with Gasteiger partial charge in [0, 0.05) is 41.4 Å². The highest BCUT2D eigenvalue weighted by atomic mass is 32.2. The van der Waals surface area contributed by atoms with Crippen LogP contribution in [0.1, 0.15) is 67.3 Å². The van der Waals surface area contributed by atoms with Gasteiger partial charge in [0.05, 0.1) is 35.6 Å². The third-order valence-corrected chi connectivity index (χ3v) is 10.5. The van der Waals surface area contributed by atoms with Gasteiger partial charge >= 0.3 is 0 Å². The molecule has 1 aliphatic rings. The lowest BCUT2D eigenvalue weighted by Gasteiger charge is -2.39. The summed E-state index contributed by atoms with van der Waals surface area (Å²) in [7, 11) is -4.23. The van der Waals surface area contributed by atoms with Crippen molar-refractivity contribution in [2.45, 2.75) is 69.7 Å². The van der Waals surface area contributed by atoms with E-state index in [0.717, 1.165) is 11.8 Å². The van der Waals surface area contributed by atoms with Crippen LogP contribution < -0.4 is 5.56 Å². The summed E-state index contributed by atoms with van der Waals surface area (Å²) in [5.41, 5.74) is 2.80. The first-order valence-corrected chi connectivity index (χ1v) is 17.9. The van der Waals surface area contributed by atoms with E-state index in [1.165, 1.54) is 21.6 Å². The zero-order valence-electron chi connectivity index (χ0n) is 27.9. The van der Waals surface area contributed by atoms with E-state index in [-0.39, 0.29) is 59.9 Å². The number of sulfone groups is 1. The molecule has 1 aromatic carbocycles. The van der Waals surface area contributed by atoms with Crippen LogP contribution in [0, 0.1) is 31.0 Å². The number of aromatic nitrogens is 5. The maximum Gasteiger partial charge on any atom is 0.275 e. The van der Waals surface area contributed by atoms with Gasteiger partial charge in [-0.05, 0) is 79.5 Å². The van der Waals surface area contributed by atoms with Crippen molar-refractivity contribution in [1.82, 2.24) is 29.6 Å². The first kappa shape index (κ1) is 33.7. The largest absolute Gasteiger partial charge is 0.335 e. The third-order valence-electron chi connectivity index (χ3n) is 9.37. The van der Waals surface area contributed by atoms with Crippen LogP contribution in [0.5, 0.6) is 0 Å². The Labute approximate surface area is 283 Å². The second kappa shape index (κ2) is 12.7. The highest BCUT2D eigenvalue weighted by molar-refractivity contribution is 7.90. The molecule has 1 N–H and O–H groups in total. The Morgan fingerprint density at radius 2 is 1.98 bits per heavy atom. The van der Waals surface area contributed by atoms with Crippen LogP contribution in [-0.2, 0) is 14.6 Å². The average Bonchev–Trinajstić information content (AvgIpc) is 3.53. The number of hydrogen-bond acceptors (Lipinski definition) is 8. The number of aromatic amines is 1. The standard InChI is InChI=1S/C36H36FN7O4S/c1-7-28(45)43-15-12-22(16-23(43)10-13-38)30-24-17-26(37)32(29-20(4)8-9-27-25(29)18-40-42-27)41-35(24)44(36(46)34(30)49(6,47)48)33-21(5)11-14-39-31(33)19(2)3/h7-9,11,14,17-19,22-23H,1,10,12,15-16H2,2-6H3,(H,40,42)/t22?,23-/m0/s1. The molecule has 0 spiro atoms. The quantitative estimate of drug-likeness (QED) is 0.212. The smallest absolute Gasteiger partial charge is 0.275 e. The fraction of sp³-hybridized carbons (Fsp3) is 0.333. The van der Waals surface area contributed by atoms with Crippen LogP contribution in [0.3, 0.4) is 0 Å². The van der Waals surface area contributed by atoms with E-state index in [0.29, 0.717) is 33.4 Å². The average molecular weight is 682 g/mol. The molecule has 13 heteroatoms. The minimum absolute atomic E-state index is 0.0172. The topological polar surface area (TPSA) is 155 Å². The van der Waals surface area contributed by atoms with Crippen molar-refractivity contribution in [2.24, 2.45) is 0 Å². The zero-order valence-corrected chi connectivity index (χ0v) is 28.7. The van der Waals surface area contributed by atoms with Crippen LogP contribution in [0.4, 0.5) is 4.39 Å². The van der Waals surface area contributed by atoms with Gasteiger partial charge in [0.15, 0.2) is 9.84 Å². The Kier molecular flexibility index (Phi) is 8.70.